The highest BCUT2D eigenvalue weighted by Gasteiger charge is 2.06. The van der Waals surface area contributed by atoms with Gasteiger partial charge in [0.25, 0.3) is 6.47 Å². The normalized spacial score (nSPS) is 14.8. The van der Waals surface area contributed by atoms with Crippen molar-refractivity contribution in [1.29, 1.82) is 0 Å². The Morgan fingerprint density at radius 3 is 2.36 bits per heavy atom. The fourth-order valence-corrected chi connectivity index (χ4v) is 0.890. The van der Waals surface area contributed by atoms with Crippen LogP contribution in [-0.4, -0.2) is 38.5 Å². The molecule has 0 amide bonds. The lowest BCUT2D eigenvalue weighted by molar-refractivity contribution is -0.133. The summed E-state index contributed by atoms with van der Waals surface area (Å²) >= 11 is 0. The minimum Gasteiger partial charge on any atom is -0.465 e. The molecule has 0 aromatic carbocycles. The van der Waals surface area contributed by atoms with Crippen molar-refractivity contribution >= 4 is 6.47 Å². The number of rotatable bonds is 9. The van der Waals surface area contributed by atoms with E-state index < -0.39 is 0 Å². The van der Waals surface area contributed by atoms with Crippen LogP contribution in [0.5, 0.6) is 0 Å². The predicted octanol–water partition coefficient (Wildman–Crippen LogP) is 1.38. The maximum atomic E-state index is 9.89. The first kappa shape index (κ1) is 13.4. The Kier molecular flexibility index (Phi) is 8.57. The van der Waals surface area contributed by atoms with Crippen molar-refractivity contribution in [2.45, 2.75) is 39.4 Å². The minimum absolute atomic E-state index is 0.0760. The van der Waals surface area contributed by atoms with Crippen molar-refractivity contribution in [1.82, 2.24) is 0 Å². The van der Waals surface area contributed by atoms with Gasteiger partial charge in [0, 0.05) is 6.61 Å². The third-order valence-electron chi connectivity index (χ3n) is 1.62. The molecule has 0 saturated heterocycles. The van der Waals surface area contributed by atoms with Crippen LogP contribution >= 0.6 is 0 Å². The molecule has 0 radical (unpaired) electrons. The number of carbonyl (C=O) groups excluding carboxylic acids is 1. The molecule has 0 aromatic heterocycles. The molecule has 0 bridgehead atoms. The van der Waals surface area contributed by atoms with E-state index in [0.29, 0.717) is 19.7 Å². The van der Waals surface area contributed by atoms with Crippen molar-refractivity contribution in [3.8, 4) is 0 Å². The van der Waals surface area contributed by atoms with Crippen molar-refractivity contribution in [2.24, 2.45) is 0 Å². The molecule has 0 aliphatic rings. The van der Waals surface area contributed by atoms with Gasteiger partial charge in [-0.25, -0.2) is 0 Å². The summed E-state index contributed by atoms with van der Waals surface area (Å²) < 4.78 is 15.4. The van der Waals surface area contributed by atoms with Gasteiger partial charge in [-0.2, -0.15) is 0 Å². The summed E-state index contributed by atoms with van der Waals surface area (Å²) in [5, 5.41) is 0. The van der Waals surface area contributed by atoms with Gasteiger partial charge in [-0.3, -0.25) is 4.79 Å². The molecule has 0 N–H and O–H groups in total. The van der Waals surface area contributed by atoms with E-state index in [-0.39, 0.29) is 12.2 Å². The van der Waals surface area contributed by atoms with E-state index in [4.69, 9.17) is 9.47 Å². The zero-order valence-corrected chi connectivity index (χ0v) is 9.19. The molecule has 0 fully saturated rings. The van der Waals surface area contributed by atoms with Gasteiger partial charge >= 0.3 is 0 Å². The number of carbonyl (C=O) groups is 1. The molecular weight excluding hydrogens is 184 g/mol. The van der Waals surface area contributed by atoms with Crippen molar-refractivity contribution < 1.29 is 19.0 Å². The summed E-state index contributed by atoms with van der Waals surface area (Å²) in [6.45, 7) is 7.89. The molecular formula is C10H20O4. The van der Waals surface area contributed by atoms with Crippen LogP contribution in [0.3, 0.4) is 0 Å². The van der Waals surface area contributed by atoms with Crippen molar-refractivity contribution in [3.05, 3.63) is 0 Å². The van der Waals surface area contributed by atoms with Crippen LogP contribution in [0.2, 0.25) is 0 Å². The quantitative estimate of drug-likeness (QED) is 0.532. The maximum Gasteiger partial charge on any atom is 0.293 e. The predicted molar refractivity (Wildman–Crippen MR) is 53.1 cm³/mol. The average Bonchev–Trinajstić information content (AvgIpc) is 2.20. The molecule has 0 heterocycles. The molecule has 2 atom stereocenters. The van der Waals surface area contributed by atoms with E-state index in [1.165, 1.54) is 0 Å². The standard InChI is InChI=1S/C10H20O4/c1-4-5-13-10(3)7-14-9(2)6-12-8-11/h8-10H,4-7H2,1-3H3. The van der Waals surface area contributed by atoms with E-state index in [1.807, 2.05) is 13.8 Å². The molecule has 0 spiro atoms. The van der Waals surface area contributed by atoms with E-state index in [1.54, 1.807) is 0 Å². The van der Waals surface area contributed by atoms with E-state index in [9.17, 15) is 4.79 Å². The zero-order chi connectivity index (χ0) is 10.8. The first-order valence-corrected chi connectivity index (χ1v) is 4.99. The van der Waals surface area contributed by atoms with Crippen LogP contribution < -0.4 is 0 Å². The molecule has 4 nitrogen and oxygen atoms in total. The maximum absolute atomic E-state index is 9.89. The molecule has 0 aliphatic carbocycles. The summed E-state index contributed by atoms with van der Waals surface area (Å²) in [7, 11) is 0. The lowest BCUT2D eigenvalue weighted by atomic mass is 10.4. The highest BCUT2D eigenvalue weighted by Crippen LogP contribution is 1.97. The monoisotopic (exact) mass is 204 g/mol. The van der Waals surface area contributed by atoms with Crippen LogP contribution in [0.15, 0.2) is 0 Å². The van der Waals surface area contributed by atoms with Crippen molar-refractivity contribution in [2.75, 3.05) is 19.8 Å². The third kappa shape index (κ3) is 8.01. The molecule has 84 valence electrons. The Hall–Kier alpha value is -0.610. The Morgan fingerprint density at radius 2 is 1.79 bits per heavy atom. The molecule has 2 unspecified atom stereocenters. The number of ether oxygens (including phenoxy) is 3. The summed E-state index contributed by atoms with van der Waals surface area (Å²) in [5.41, 5.74) is 0. The SMILES string of the molecule is CCCOC(C)COC(C)COC=O. The smallest absolute Gasteiger partial charge is 0.293 e. The molecule has 0 aromatic rings. The van der Waals surface area contributed by atoms with Gasteiger partial charge in [0.2, 0.25) is 0 Å². The second-order valence-corrected chi connectivity index (χ2v) is 3.25. The molecule has 14 heavy (non-hydrogen) atoms. The van der Waals surface area contributed by atoms with Crippen LogP contribution in [0, 0.1) is 0 Å². The number of hydrogen-bond donors (Lipinski definition) is 0. The summed E-state index contributed by atoms with van der Waals surface area (Å²) in [6.07, 6.45) is 1.02. The van der Waals surface area contributed by atoms with Gasteiger partial charge in [0.15, 0.2) is 0 Å². The van der Waals surface area contributed by atoms with Crippen LogP contribution in [0.4, 0.5) is 0 Å². The largest absolute Gasteiger partial charge is 0.465 e. The Balaban J connectivity index is 3.35. The van der Waals surface area contributed by atoms with Gasteiger partial charge in [-0.05, 0) is 20.3 Å². The second-order valence-electron chi connectivity index (χ2n) is 3.25. The highest BCUT2D eigenvalue weighted by molar-refractivity contribution is 5.36. The van der Waals surface area contributed by atoms with E-state index >= 15 is 0 Å². The van der Waals surface area contributed by atoms with Gasteiger partial charge in [0.1, 0.15) is 6.61 Å². The second kappa shape index (κ2) is 8.97. The van der Waals surface area contributed by atoms with Crippen LogP contribution in [-0.2, 0) is 19.0 Å². The van der Waals surface area contributed by atoms with Crippen LogP contribution in [0.1, 0.15) is 27.2 Å². The topological polar surface area (TPSA) is 44.8 Å². The van der Waals surface area contributed by atoms with Crippen LogP contribution in [0.25, 0.3) is 0 Å². The first-order chi connectivity index (χ1) is 6.70. The van der Waals surface area contributed by atoms with Gasteiger partial charge in [-0.15, -0.1) is 0 Å². The van der Waals surface area contributed by atoms with Gasteiger partial charge in [0.05, 0.1) is 18.8 Å². The lowest BCUT2D eigenvalue weighted by Gasteiger charge is -2.16. The van der Waals surface area contributed by atoms with Gasteiger partial charge < -0.3 is 14.2 Å². The van der Waals surface area contributed by atoms with Crippen molar-refractivity contribution in [3.63, 3.8) is 0 Å². The third-order valence-corrected chi connectivity index (χ3v) is 1.62. The minimum atomic E-state index is -0.0760. The fourth-order valence-electron chi connectivity index (χ4n) is 0.890. The molecule has 0 aliphatic heterocycles. The summed E-state index contributed by atoms with van der Waals surface area (Å²) in [5.74, 6) is 0. The van der Waals surface area contributed by atoms with Gasteiger partial charge in [-0.1, -0.05) is 6.92 Å². The lowest BCUT2D eigenvalue weighted by Crippen LogP contribution is -2.23. The summed E-state index contributed by atoms with van der Waals surface area (Å²) in [4.78, 5) is 9.89. The Bertz CT molecular complexity index is 138. The average molecular weight is 204 g/mol. The highest BCUT2D eigenvalue weighted by atomic mass is 16.6. The summed E-state index contributed by atoms with van der Waals surface area (Å²) in [6, 6.07) is 0. The molecule has 0 saturated carbocycles. The molecule has 0 rings (SSSR count). The number of hydrogen-bond acceptors (Lipinski definition) is 4. The Morgan fingerprint density at radius 1 is 1.14 bits per heavy atom. The fraction of sp³-hybridized carbons (Fsp3) is 0.900. The zero-order valence-electron chi connectivity index (χ0n) is 9.19. The Labute approximate surface area is 85.5 Å². The molecule has 4 heteroatoms. The van der Waals surface area contributed by atoms with E-state index in [2.05, 4.69) is 11.7 Å². The first-order valence-electron chi connectivity index (χ1n) is 4.99. The van der Waals surface area contributed by atoms with E-state index in [0.717, 1.165) is 13.0 Å².